The first kappa shape index (κ1) is 20.6. The molecule has 2 atom stereocenters. The smallest absolute Gasteiger partial charge is 0.157 e. The highest BCUT2D eigenvalue weighted by Crippen LogP contribution is 2.39. The number of aliphatic hydroxyl groups excluding tert-OH is 1. The summed E-state index contributed by atoms with van der Waals surface area (Å²) in [5.74, 6) is 0. The standard InChI is InChI=1S/C19H25Cl2N3O3/c1-3-17-26-9-19(4-2,10-27-17)18(25)16(24-12-22-11-23-24)7-13-5-6-14(20)8-15(13)21/h5-6,8,11-12,16-18,25H,3-4,7,9-10H2,1-2H3. The lowest BCUT2D eigenvalue weighted by Gasteiger charge is -2.44. The van der Waals surface area contributed by atoms with Crippen LogP contribution >= 0.6 is 23.2 Å². The van der Waals surface area contributed by atoms with Gasteiger partial charge >= 0.3 is 0 Å². The molecule has 1 aromatic heterocycles. The van der Waals surface area contributed by atoms with E-state index in [0.717, 1.165) is 12.0 Å². The van der Waals surface area contributed by atoms with Crippen LogP contribution in [0.15, 0.2) is 30.9 Å². The van der Waals surface area contributed by atoms with Crippen LogP contribution in [0.3, 0.4) is 0 Å². The number of rotatable bonds is 7. The molecule has 3 rings (SSSR count). The number of halogens is 2. The fraction of sp³-hybridized carbons (Fsp3) is 0.579. The Balaban J connectivity index is 1.88. The quantitative estimate of drug-likeness (QED) is 0.744. The summed E-state index contributed by atoms with van der Waals surface area (Å²) in [6.07, 6.45) is 4.08. The van der Waals surface area contributed by atoms with Crippen LogP contribution < -0.4 is 0 Å². The van der Waals surface area contributed by atoms with Crippen LogP contribution in [-0.2, 0) is 15.9 Å². The molecule has 1 fully saturated rings. The number of hydrogen-bond donors (Lipinski definition) is 1. The highest BCUT2D eigenvalue weighted by atomic mass is 35.5. The van der Waals surface area contributed by atoms with E-state index in [2.05, 4.69) is 10.1 Å². The lowest BCUT2D eigenvalue weighted by Crippen LogP contribution is -2.52. The molecule has 2 unspecified atom stereocenters. The zero-order chi connectivity index (χ0) is 19.4. The molecule has 1 saturated heterocycles. The summed E-state index contributed by atoms with van der Waals surface area (Å²) in [5, 5.41) is 16.8. The molecule has 6 nitrogen and oxygen atoms in total. The van der Waals surface area contributed by atoms with Gasteiger partial charge < -0.3 is 14.6 Å². The number of hydrogen-bond acceptors (Lipinski definition) is 5. The summed E-state index contributed by atoms with van der Waals surface area (Å²) in [5.41, 5.74) is 0.359. The van der Waals surface area contributed by atoms with E-state index in [9.17, 15) is 5.11 Å². The summed E-state index contributed by atoms with van der Waals surface area (Å²) < 4.78 is 13.4. The second-order valence-corrected chi connectivity index (χ2v) is 7.85. The first-order chi connectivity index (χ1) is 13.0. The Bertz CT molecular complexity index is 734. The topological polar surface area (TPSA) is 69.4 Å². The molecule has 8 heteroatoms. The molecule has 0 spiro atoms. The molecule has 2 heterocycles. The SMILES string of the molecule is CCC1OCC(CC)(C(O)C(Cc2ccc(Cl)cc2Cl)n2cncn2)CO1. The number of ether oxygens (including phenoxy) is 2. The fourth-order valence-corrected chi connectivity index (χ4v) is 3.97. The van der Waals surface area contributed by atoms with Crippen LogP contribution in [0.2, 0.25) is 10.0 Å². The van der Waals surface area contributed by atoms with Gasteiger partial charge in [-0.3, -0.25) is 0 Å². The second kappa shape index (κ2) is 8.88. The zero-order valence-electron chi connectivity index (χ0n) is 15.5. The Morgan fingerprint density at radius 2 is 2.04 bits per heavy atom. The van der Waals surface area contributed by atoms with E-state index in [1.54, 1.807) is 23.1 Å². The van der Waals surface area contributed by atoms with Gasteiger partial charge in [0.1, 0.15) is 12.7 Å². The summed E-state index contributed by atoms with van der Waals surface area (Å²) in [4.78, 5) is 4.05. The van der Waals surface area contributed by atoms with Gasteiger partial charge in [0, 0.05) is 15.5 Å². The van der Waals surface area contributed by atoms with E-state index in [1.165, 1.54) is 6.33 Å². The number of aromatic nitrogens is 3. The van der Waals surface area contributed by atoms with Crippen molar-refractivity contribution in [2.45, 2.75) is 51.5 Å². The van der Waals surface area contributed by atoms with Crippen LogP contribution in [0.1, 0.15) is 38.3 Å². The molecule has 148 valence electrons. The molecule has 27 heavy (non-hydrogen) atoms. The first-order valence-electron chi connectivity index (χ1n) is 9.18. The van der Waals surface area contributed by atoms with Crippen molar-refractivity contribution in [3.63, 3.8) is 0 Å². The molecule has 0 aliphatic carbocycles. The van der Waals surface area contributed by atoms with E-state index in [-0.39, 0.29) is 12.3 Å². The van der Waals surface area contributed by atoms with Crippen LogP contribution in [0.25, 0.3) is 0 Å². The van der Waals surface area contributed by atoms with Gasteiger partial charge in [-0.2, -0.15) is 5.10 Å². The molecule has 0 saturated carbocycles. The normalized spacial score (nSPS) is 25.3. The van der Waals surface area contributed by atoms with Crippen molar-refractivity contribution in [3.8, 4) is 0 Å². The van der Waals surface area contributed by atoms with Crippen molar-refractivity contribution in [1.82, 2.24) is 14.8 Å². The predicted octanol–water partition coefficient (Wildman–Crippen LogP) is 3.91. The molecule has 0 amide bonds. The molecule has 1 aromatic carbocycles. The summed E-state index contributed by atoms with van der Waals surface area (Å²) in [6, 6.07) is 5.01. The molecule has 2 aromatic rings. The summed E-state index contributed by atoms with van der Waals surface area (Å²) >= 11 is 12.4. The van der Waals surface area contributed by atoms with E-state index < -0.39 is 11.5 Å². The van der Waals surface area contributed by atoms with Gasteiger partial charge in [0.15, 0.2) is 6.29 Å². The third kappa shape index (κ3) is 4.46. The fourth-order valence-electron chi connectivity index (χ4n) is 3.49. The van der Waals surface area contributed by atoms with Gasteiger partial charge in [-0.05, 0) is 37.0 Å². The molecule has 1 aliphatic rings. The van der Waals surface area contributed by atoms with Crippen molar-refractivity contribution >= 4 is 23.2 Å². The average Bonchev–Trinajstić information content (AvgIpc) is 3.21. The molecule has 0 radical (unpaired) electrons. The number of aliphatic hydroxyl groups is 1. The van der Waals surface area contributed by atoms with Crippen LogP contribution in [-0.4, -0.2) is 45.5 Å². The monoisotopic (exact) mass is 413 g/mol. The highest BCUT2D eigenvalue weighted by Gasteiger charge is 2.45. The second-order valence-electron chi connectivity index (χ2n) is 7.00. The minimum Gasteiger partial charge on any atom is -0.390 e. The maximum atomic E-state index is 11.4. The number of nitrogens with zero attached hydrogens (tertiary/aromatic N) is 3. The minimum absolute atomic E-state index is 0.215. The Morgan fingerprint density at radius 1 is 1.30 bits per heavy atom. The van der Waals surface area contributed by atoms with E-state index in [1.807, 2.05) is 19.9 Å². The van der Waals surface area contributed by atoms with E-state index in [4.69, 9.17) is 32.7 Å². The van der Waals surface area contributed by atoms with Crippen molar-refractivity contribution in [1.29, 1.82) is 0 Å². The minimum atomic E-state index is -0.756. The van der Waals surface area contributed by atoms with Crippen LogP contribution in [0.5, 0.6) is 0 Å². The van der Waals surface area contributed by atoms with Crippen LogP contribution in [0, 0.1) is 5.41 Å². The summed E-state index contributed by atoms with van der Waals surface area (Å²) in [7, 11) is 0. The maximum absolute atomic E-state index is 11.4. The van der Waals surface area contributed by atoms with Crippen molar-refractivity contribution < 1.29 is 14.6 Å². The zero-order valence-corrected chi connectivity index (χ0v) is 17.0. The van der Waals surface area contributed by atoms with Crippen LogP contribution in [0.4, 0.5) is 0 Å². The van der Waals surface area contributed by atoms with Crippen molar-refractivity contribution in [3.05, 3.63) is 46.5 Å². The Morgan fingerprint density at radius 3 is 2.59 bits per heavy atom. The average molecular weight is 414 g/mol. The third-order valence-corrected chi connectivity index (χ3v) is 5.95. The Hall–Kier alpha value is -1.18. The van der Waals surface area contributed by atoms with Gasteiger partial charge in [0.2, 0.25) is 0 Å². The lowest BCUT2D eigenvalue weighted by atomic mass is 9.76. The van der Waals surface area contributed by atoms with Gasteiger partial charge in [-0.25, -0.2) is 9.67 Å². The lowest BCUT2D eigenvalue weighted by molar-refractivity contribution is -0.255. The predicted molar refractivity (Wildman–Crippen MR) is 104 cm³/mol. The van der Waals surface area contributed by atoms with E-state index in [0.29, 0.717) is 36.1 Å². The van der Waals surface area contributed by atoms with E-state index >= 15 is 0 Å². The van der Waals surface area contributed by atoms with Gasteiger partial charge in [0.05, 0.1) is 25.4 Å². The molecule has 1 N–H and O–H groups in total. The van der Waals surface area contributed by atoms with Gasteiger partial charge in [-0.1, -0.05) is 43.1 Å². The number of benzene rings is 1. The largest absolute Gasteiger partial charge is 0.390 e. The first-order valence-corrected chi connectivity index (χ1v) is 9.94. The molecule has 0 bridgehead atoms. The molecular formula is C19H25Cl2N3O3. The van der Waals surface area contributed by atoms with Gasteiger partial charge in [-0.15, -0.1) is 0 Å². The molecular weight excluding hydrogens is 389 g/mol. The Labute approximate surface area is 169 Å². The van der Waals surface area contributed by atoms with Gasteiger partial charge in [0.25, 0.3) is 0 Å². The summed E-state index contributed by atoms with van der Waals surface area (Å²) in [6.45, 7) is 4.92. The van der Waals surface area contributed by atoms with Crippen molar-refractivity contribution in [2.75, 3.05) is 13.2 Å². The highest BCUT2D eigenvalue weighted by molar-refractivity contribution is 6.35. The maximum Gasteiger partial charge on any atom is 0.157 e. The van der Waals surface area contributed by atoms with Crippen molar-refractivity contribution in [2.24, 2.45) is 5.41 Å². The Kier molecular flexibility index (Phi) is 6.76. The molecule has 1 aliphatic heterocycles. The third-order valence-electron chi connectivity index (χ3n) is 5.36.